The minimum absolute atomic E-state index is 0.0329. The van der Waals surface area contributed by atoms with Crippen LogP contribution in [0.15, 0.2) is 16.9 Å². The number of pyridine rings is 1. The third-order valence-corrected chi connectivity index (χ3v) is 5.05. The number of aliphatic hydroxyl groups is 1. The van der Waals surface area contributed by atoms with Crippen LogP contribution in [0.25, 0.3) is 0 Å². The van der Waals surface area contributed by atoms with Gasteiger partial charge in [-0.05, 0) is 25.7 Å². The lowest BCUT2D eigenvalue weighted by atomic mass is 9.73. The van der Waals surface area contributed by atoms with Crippen LogP contribution < -0.4 is 5.43 Å². The Morgan fingerprint density at radius 3 is 2.62 bits per heavy atom. The van der Waals surface area contributed by atoms with Crippen LogP contribution in [-0.4, -0.2) is 51.2 Å². The van der Waals surface area contributed by atoms with Crippen LogP contribution in [0.4, 0.5) is 0 Å². The van der Waals surface area contributed by atoms with E-state index in [1.54, 1.807) is 6.92 Å². The minimum atomic E-state index is -1.32. The van der Waals surface area contributed by atoms with Gasteiger partial charge in [-0.3, -0.25) is 14.4 Å². The first-order chi connectivity index (χ1) is 11.3. The molecule has 1 aliphatic carbocycles. The summed E-state index contributed by atoms with van der Waals surface area (Å²) in [5.74, 6) is -1.15. The minimum Gasteiger partial charge on any atom is -0.481 e. The highest BCUT2D eigenvalue weighted by atomic mass is 16.4. The molecule has 0 unspecified atom stereocenters. The number of aliphatic hydroxyl groups excluding tert-OH is 1. The molecule has 24 heavy (non-hydrogen) atoms. The number of nitrogens with zero attached hydrogens (tertiary/aromatic N) is 1. The third kappa shape index (κ3) is 3.08. The fraction of sp³-hybridized carbons (Fsp3) is 0.588. The van der Waals surface area contributed by atoms with Gasteiger partial charge < -0.3 is 20.1 Å². The first-order valence-corrected chi connectivity index (χ1v) is 8.23. The molecule has 7 nitrogen and oxygen atoms in total. The summed E-state index contributed by atoms with van der Waals surface area (Å²) in [6.07, 6.45) is 1.59. The van der Waals surface area contributed by atoms with Gasteiger partial charge in [-0.15, -0.1) is 0 Å². The van der Waals surface area contributed by atoms with E-state index < -0.39 is 23.4 Å². The number of hydrogen-bond acceptors (Lipinski definition) is 4. The number of carbonyl (C=O) groups excluding carboxylic acids is 1. The molecular formula is C17H22N2O5. The van der Waals surface area contributed by atoms with Crippen LogP contribution >= 0.6 is 0 Å². The van der Waals surface area contributed by atoms with Crippen molar-refractivity contribution >= 4 is 11.9 Å². The molecule has 130 valence electrons. The number of likely N-dealkylation sites (tertiary alicyclic amines) is 1. The van der Waals surface area contributed by atoms with E-state index in [0.29, 0.717) is 18.0 Å². The van der Waals surface area contributed by atoms with E-state index >= 15 is 0 Å². The average Bonchev–Trinajstić information content (AvgIpc) is 3.31. The number of carboxylic acid groups (broad SMARTS) is 1. The molecular weight excluding hydrogens is 312 g/mol. The van der Waals surface area contributed by atoms with E-state index in [-0.39, 0.29) is 30.6 Å². The van der Waals surface area contributed by atoms with E-state index in [1.165, 1.54) is 17.0 Å². The predicted octanol–water partition coefficient (Wildman–Crippen LogP) is 0.761. The zero-order chi connectivity index (χ0) is 17.5. The summed E-state index contributed by atoms with van der Waals surface area (Å²) in [6.45, 7) is 1.93. The number of aromatic amines is 1. The highest BCUT2D eigenvalue weighted by Gasteiger charge is 2.52. The molecule has 2 atom stereocenters. The van der Waals surface area contributed by atoms with Crippen LogP contribution in [0, 0.1) is 18.3 Å². The Labute approximate surface area is 139 Å². The van der Waals surface area contributed by atoms with Gasteiger partial charge in [0.1, 0.15) is 11.1 Å². The van der Waals surface area contributed by atoms with E-state index in [0.717, 1.165) is 12.8 Å². The summed E-state index contributed by atoms with van der Waals surface area (Å²) < 4.78 is 0. The fourth-order valence-corrected chi connectivity index (χ4v) is 3.56. The summed E-state index contributed by atoms with van der Waals surface area (Å²) in [5, 5.41) is 20.1. The predicted molar refractivity (Wildman–Crippen MR) is 85.7 cm³/mol. The number of carboxylic acids is 1. The number of carbonyl (C=O) groups is 2. The van der Waals surface area contributed by atoms with Gasteiger partial charge in [0.2, 0.25) is 0 Å². The Morgan fingerprint density at radius 2 is 2.04 bits per heavy atom. The van der Waals surface area contributed by atoms with Crippen LogP contribution in [-0.2, 0) is 4.79 Å². The quantitative estimate of drug-likeness (QED) is 0.753. The Balaban J connectivity index is 1.87. The summed E-state index contributed by atoms with van der Waals surface area (Å²) >= 11 is 0. The second-order valence-corrected chi connectivity index (χ2v) is 7.05. The maximum Gasteiger partial charge on any atom is 0.314 e. The number of hydrogen-bond donors (Lipinski definition) is 3. The molecule has 1 saturated heterocycles. The fourth-order valence-electron chi connectivity index (χ4n) is 3.56. The molecule has 2 aliphatic rings. The number of H-pyrrole nitrogens is 1. The molecule has 1 saturated carbocycles. The van der Waals surface area contributed by atoms with Crippen molar-refractivity contribution in [3.8, 4) is 0 Å². The second-order valence-electron chi connectivity index (χ2n) is 7.05. The standard InChI is InChI=1S/C17H22N2O5/c1-10-6-12(20)7-13(18-10)15(22)19-5-4-14(21)17(9-19,16(23)24)8-11-2-3-11/h6-7,11,14,21H,2-5,8-9H2,1H3,(H,18,20)(H,23,24)/t14-,17-/m1/s1. The molecule has 0 spiro atoms. The van der Waals surface area contributed by atoms with Gasteiger partial charge in [-0.1, -0.05) is 12.8 Å². The molecule has 0 aromatic carbocycles. The maximum atomic E-state index is 12.7. The number of nitrogens with one attached hydrogen (secondary N) is 1. The molecule has 0 bridgehead atoms. The van der Waals surface area contributed by atoms with Crippen molar-refractivity contribution in [2.24, 2.45) is 11.3 Å². The molecule has 7 heteroatoms. The molecule has 0 radical (unpaired) electrons. The van der Waals surface area contributed by atoms with Crippen LogP contribution in [0.2, 0.25) is 0 Å². The summed E-state index contributed by atoms with van der Waals surface area (Å²) in [6, 6.07) is 2.62. The van der Waals surface area contributed by atoms with E-state index in [2.05, 4.69) is 4.98 Å². The topological polar surface area (TPSA) is 111 Å². The van der Waals surface area contributed by atoms with Crippen LogP contribution in [0.1, 0.15) is 41.9 Å². The zero-order valence-electron chi connectivity index (χ0n) is 13.6. The lowest BCUT2D eigenvalue weighted by Crippen LogP contribution is -2.57. The summed E-state index contributed by atoms with van der Waals surface area (Å²) in [7, 11) is 0. The monoisotopic (exact) mass is 334 g/mol. The lowest BCUT2D eigenvalue weighted by molar-refractivity contribution is -0.163. The van der Waals surface area contributed by atoms with Gasteiger partial charge in [0.15, 0.2) is 5.43 Å². The summed E-state index contributed by atoms with van der Waals surface area (Å²) in [4.78, 5) is 40.5. The van der Waals surface area contributed by atoms with Gasteiger partial charge in [-0.25, -0.2) is 0 Å². The molecule has 1 amide bonds. The van der Waals surface area contributed by atoms with Crippen molar-refractivity contribution in [2.75, 3.05) is 13.1 Å². The number of rotatable bonds is 4. The Kier molecular flexibility index (Phi) is 4.21. The summed E-state index contributed by atoms with van der Waals surface area (Å²) in [5.41, 5.74) is -0.860. The van der Waals surface area contributed by atoms with Crippen LogP contribution in [0.3, 0.4) is 0 Å². The SMILES string of the molecule is Cc1cc(=O)cc(C(=O)N2CC[C@@H](O)[C@](CC3CC3)(C(=O)O)C2)[nH]1. The van der Waals surface area contributed by atoms with Gasteiger partial charge in [0, 0.05) is 30.9 Å². The number of piperidine rings is 1. The third-order valence-electron chi connectivity index (χ3n) is 5.05. The van der Waals surface area contributed by atoms with Crippen molar-refractivity contribution in [2.45, 2.75) is 38.7 Å². The van der Waals surface area contributed by atoms with E-state index in [4.69, 9.17) is 0 Å². The normalized spacial score (nSPS) is 27.1. The molecule has 1 aliphatic heterocycles. The largest absolute Gasteiger partial charge is 0.481 e. The highest BCUT2D eigenvalue weighted by Crippen LogP contribution is 2.45. The van der Waals surface area contributed by atoms with Gasteiger partial charge in [-0.2, -0.15) is 0 Å². The van der Waals surface area contributed by atoms with Crippen molar-refractivity contribution in [1.82, 2.24) is 9.88 Å². The molecule has 2 heterocycles. The van der Waals surface area contributed by atoms with Crippen molar-refractivity contribution in [1.29, 1.82) is 0 Å². The zero-order valence-corrected chi connectivity index (χ0v) is 13.6. The number of aryl methyl sites for hydroxylation is 1. The Bertz CT molecular complexity index is 724. The molecule has 2 fully saturated rings. The van der Waals surface area contributed by atoms with Gasteiger partial charge >= 0.3 is 5.97 Å². The first-order valence-electron chi connectivity index (χ1n) is 8.23. The highest BCUT2D eigenvalue weighted by molar-refractivity contribution is 5.93. The van der Waals surface area contributed by atoms with Gasteiger partial charge in [0.25, 0.3) is 5.91 Å². The van der Waals surface area contributed by atoms with Crippen molar-refractivity contribution in [3.05, 3.63) is 33.7 Å². The van der Waals surface area contributed by atoms with Crippen LogP contribution in [0.5, 0.6) is 0 Å². The van der Waals surface area contributed by atoms with Gasteiger partial charge in [0.05, 0.1) is 6.10 Å². The molecule has 3 rings (SSSR count). The molecule has 3 N–H and O–H groups in total. The maximum absolute atomic E-state index is 12.7. The number of aliphatic carboxylic acids is 1. The number of aromatic nitrogens is 1. The lowest BCUT2D eigenvalue weighted by Gasteiger charge is -2.43. The smallest absolute Gasteiger partial charge is 0.314 e. The Hall–Kier alpha value is -2.15. The Morgan fingerprint density at radius 1 is 1.33 bits per heavy atom. The molecule has 1 aromatic heterocycles. The van der Waals surface area contributed by atoms with E-state index in [1.807, 2.05) is 0 Å². The average molecular weight is 334 g/mol. The number of amides is 1. The van der Waals surface area contributed by atoms with Crippen molar-refractivity contribution < 1.29 is 19.8 Å². The van der Waals surface area contributed by atoms with E-state index in [9.17, 15) is 24.6 Å². The molecule has 1 aromatic rings. The first kappa shape index (κ1) is 16.7. The van der Waals surface area contributed by atoms with Crippen molar-refractivity contribution in [3.63, 3.8) is 0 Å². The second kappa shape index (κ2) is 6.05.